The van der Waals surface area contributed by atoms with Gasteiger partial charge in [-0.15, -0.1) is 6.58 Å². The van der Waals surface area contributed by atoms with Crippen LogP contribution in [0.15, 0.2) is 53.9 Å². The van der Waals surface area contributed by atoms with Gasteiger partial charge in [0, 0.05) is 45.8 Å². The number of benzene rings is 2. The number of hydrogen-bond donors (Lipinski definition) is 3. The maximum atomic E-state index is 14.2. The van der Waals surface area contributed by atoms with Crippen LogP contribution < -0.4 is 19.2 Å². The van der Waals surface area contributed by atoms with E-state index in [1.165, 1.54) is 11.1 Å². The summed E-state index contributed by atoms with van der Waals surface area (Å²) in [5.41, 5.74) is 3.47. The van der Waals surface area contributed by atoms with Crippen molar-refractivity contribution in [1.29, 1.82) is 0 Å². The van der Waals surface area contributed by atoms with Gasteiger partial charge >= 0.3 is 0 Å². The molecule has 3 N–H and O–H groups in total. The average molecular weight is 632 g/mol. The minimum Gasteiger partial charge on any atom is -0.490 e. The first-order valence-corrected chi connectivity index (χ1v) is 20.5. The molecular formula is C33H50ClN3O3SSi. The zero-order valence-electron chi connectivity index (χ0n) is 26.2. The van der Waals surface area contributed by atoms with Crippen LogP contribution in [-0.2, 0) is 26.9 Å². The van der Waals surface area contributed by atoms with Gasteiger partial charge in [0.25, 0.3) is 0 Å². The molecule has 1 heterocycles. The van der Waals surface area contributed by atoms with Crippen LogP contribution in [0.3, 0.4) is 0 Å². The van der Waals surface area contributed by atoms with E-state index in [4.69, 9.17) is 26.2 Å². The van der Waals surface area contributed by atoms with E-state index in [0.717, 1.165) is 61.7 Å². The first kappa shape index (κ1) is 31.7. The summed E-state index contributed by atoms with van der Waals surface area (Å²) in [5, 5.41) is 7.45. The Hall–Kier alpha value is -1.68. The van der Waals surface area contributed by atoms with E-state index in [-0.39, 0.29) is 16.6 Å². The topological polar surface area (TPSA) is 76.8 Å². The molecule has 1 aliphatic heterocycles. The minimum absolute atomic E-state index is 0.00517. The van der Waals surface area contributed by atoms with Crippen LogP contribution in [0, 0.1) is 11.8 Å². The average Bonchev–Trinajstić information content (AvgIpc) is 3.05. The summed E-state index contributed by atoms with van der Waals surface area (Å²) in [6, 6.07) is 12.3. The quantitative estimate of drug-likeness (QED) is 0.170. The van der Waals surface area contributed by atoms with Crippen LogP contribution in [0.1, 0.15) is 57.6 Å². The number of fused-ring (bicyclic) bond motifs is 3. The molecule has 0 saturated heterocycles. The van der Waals surface area contributed by atoms with Crippen molar-refractivity contribution in [2.24, 2.45) is 17.0 Å². The third-order valence-electron chi connectivity index (χ3n) is 10.6. The van der Waals surface area contributed by atoms with Gasteiger partial charge in [-0.25, -0.2) is 0 Å². The molecule has 0 aromatic heterocycles. The monoisotopic (exact) mass is 631 g/mol. The summed E-state index contributed by atoms with van der Waals surface area (Å²) < 4.78 is 30.1. The Morgan fingerprint density at radius 3 is 2.69 bits per heavy atom. The highest BCUT2D eigenvalue weighted by molar-refractivity contribution is 8.00. The Labute approximate surface area is 260 Å². The highest BCUT2D eigenvalue weighted by atomic mass is 35.5. The van der Waals surface area contributed by atoms with Gasteiger partial charge in [-0.3, -0.25) is 13.7 Å². The molecule has 9 heteroatoms. The van der Waals surface area contributed by atoms with E-state index >= 15 is 0 Å². The molecule has 4 atom stereocenters. The fourth-order valence-electron chi connectivity index (χ4n) is 6.94. The highest BCUT2D eigenvalue weighted by Crippen LogP contribution is 2.47. The van der Waals surface area contributed by atoms with Gasteiger partial charge in [-0.05, 0) is 90.4 Å². The fourth-order valence-corrected chi connectivity index (χ4v) is 12.9. The summed E-state index contributed by atoms with van der Waals surface area (Å²) in [5.74, 6) is 1.72. The molecule has 2 aromatic rings. The van der Waals surface area contributed by atoms with Gasteiger partial charge in [0.1, 0.15) is 14.0 Å². The Morgan fingerprint density at radius 1 is 1.29 bits per heavy atom. The number of thiol groups is 1. The number of rotatable bonds is 8. The van der Waals surface area contributed by atoms with Crippen molar-refractivity contribution in [3.63, 3.8) is 0 Å². The van der Waals surface area contributed by atoms with Crippen LogP contribution in [0.5, 0.6) is 5.75 Å². The molecule has 1 saturated carbocycles. The summed E-state index contributed by atoms with van der Waals surface area (Å²) in [7, 11) is -3.69. The number of methoxy groups -OCH3 is 1. The van der Waals surface area contributed by atoms with Crippen molar-refractivity contribution < 1.29 is 13.7 Å². The zero-order valence-corrected chi connectivity index (χ0v) is 28.9. The van der Waals surface area contributed by atoms with Crippen molar-refractivity contribution in [1.82, 2.24) is 4.39 Å². The molecule has 232 valence electrons. The van der Waals surface area contributed by atoms with Gasteiger partial charge in [-0.2, -0.15) is 0 Å². The number of nitrogens with zero attached hydrogens (tertiary/aromatic N) is 1. The van der Waals surface area contributed by atoms with E-state index in [0.29, 0.717) is 23.3 Å². The lowest BCUT2D eigenvalue weighted by atomic mass is 9.68. The number of aryl methyl sites for hydroxylation is 1. The van der Waals surface area contributed by atoms with Crippen molar-refractivity contribution in [3.8, 4) is 5.75 Å². The predicted octanol–water partition coefficient (Wildman–Crippen LogP) is 6.80. The second-order valence-electron chi connectivity index (χ2n) is 14.3. The van der Waals surface area contributed by atoms with Crippen LogP contribution in [0.2, 0.25) is 23.2 Å². The Balaban J connectivity index is 1.55. The first-order chi connectivity index (χ1) is 19.7. The van der Waals surface area contributed by atoms with E-state index in [1.807, 2.05) is 30.3 Å². The van der Waals surface area contributed by atoms with Gasteiger partial charge < -0.3 is 14.4 Å². The van der Waals surface area contributed by atoms with Crippen molar-refractivity contribution in [3.05, 3.63) is 65.2 Å². The third-order valence-corrected chi connectivity index (χ3v) is 19.2. The van der Waals surface area contributed by atoms with Crippen LogP contribution in [0.4, 0.5) is 5.69 Å². The molecule has 1 unspecified atom stereocenters. The van der Waals surface area contributed by atoms with E-state index < -0.39 is 18.5 Å². The zero-order chi connectivity index (χ0) is 30.5. The second kappa shape index (κ2) is 11.7. The lowest BCUT2D eigenvalue weighted by molar-refractivity contribution is 0.0135. The lowest BCUT2D eigenvalue weighted by Gasteiger charge is -2.46. The van der Waals surface area contributed by atoms with Gasteiger partial charge in [0.15, 0.2) is 0 Å². The normalized spacial score (nSPS) is 25.5. The molecule has 42 heavy (non-hydrogen) atoms. The standard InChI is InChI=1S/C33H50ClN3O3SSi/c1-8-30(39-5)27-14-11-24(27)20-37-21-33(17-9-10-23-18-25(34)12-15-28(23)33)22-40-31-16-13-26(19-29(31)37)41(35,38)36-42(6,7)32(2,3)4/h8,12-13,15-16,18-19,24,27,30,41H,1,9-11,14,17,20-22H2,2-7H3,(H3,35,36,38)/t24-,27+,30?,33-/m0/s1. The smallest absolute Gasteiger partial charge is 0.142 e. The maximum absolute atomic E-state index is 14.2. The number of nitrogens with two attached hydrogens (primary N) is 1. The molecule has 3 aliphatic rings. The van der Waals surface area contributed by atoms with Gasteiger partial charge in [0.05, 0.1) is 18.4 Å². The Kier molecular flexibility index (Phi) is 8.82. The number of hydrogen-bond acceptors (Lipinski definition) is 4. The number of anilines is 1. The van der Waals surface area contributed by atoms with E-state index in [9.17, 15) is 4.21 Å². The van der Waals surface area contributed by atoms with Crippen LogP contribution >= 0.6 is 11.6 Å². The molecule has 5 rings (SSSR count). The maximum Gasteiger partial charge on any atom is 0.142 e. The van der Waals surface area contributed by atoms with Crippen LogP contribution in [-0.4, -0.2) is 45.4 Å². The first-order valence-electron chi connectivity index (χ1n) is 15.3. The summed E-state index contributed by atoms with van der Waals surface area (Å²) in [6.07, 6.45) is 7.43. The molecule has 2 aromatic carbocycles. The van der Waals surface area contributed by atoms with Gasteiger partial charge in [-0.1, -0.05) is 57.6 Å². The van der Waals surface area contributed by atoms with Crippen molar-refractivity contribution >= 4 is 35.8 Å². The minimum atomic E-state index is -3.33. The molecule has 0 bridgehead atoms. The Bertz CT molecular complexity index is 1380. The molecule has 0 amide bonds. The number of nitrogens with one attached hydrogen (secondary N) is 1. The van der Waals surface area contributed by atoms with E-state index in [1.54, 1.807) is 7.11 Å². The number of ether oxygens (including phenoxy) is 2. The van der Waals surface area contributed by atoms with Gasteiger partial charge in [0.2, 0.25) is 0 Å². The molecule has 2 aliphatic carbocycles. The summed E-state index contributed by atoms with van der Waals surface area (Å²) in [4.78, 5) is 3.14. The largest absolute Gasteiger partial charge is 0.490 e. The van der Waals surface area contributed by atoms with Crippen LogP contribution in [0.25, 0.3) is 0 Å². The van der Waals surface area contributed by atoms with Crippen molar-refractivity contribution in [2.45, 2.75) is 87.4 Å². The Morgan fingerprint density at radius 2 is 2.05 bits per heavy atom. The molecular weight excluding hydrogens is 582 g/mol. The highest BCUT2D eigenvalue weighted by Gasteiger charge is 2.45. The SMILES string of the molecule is C=CC(OC)[C@@H]1CC[C@H]1CN1C[C@@]2(CCCc3cc(Cl)ccc32)COc2ccc([SH](N)(=O)N[Si](C)(C)C(C)(C)C)cc21. The second-order valence-corrected chi connectivity index (χ2v) is 22.3. The lowest BCUT2D eigenvalue weighted by Crippen LogP contribution is -2.59. The summed E-state index contributed by atoms with van der Waals surface area (Å²) in [6.45, 7) is 17.3. The molecule has 0 radical (unpaired) electrons. The summed E-state index contributed by atoms with van der Waals surface area (Å²) >= 11 is 6.44. The molecule has 1 spiro atoms. The molecule has 6 nitrogen and oxygen atoms in total. The molecule has 1 fully saturated rings. The third kappa shape index (κ3) is 6.00. The number of halogens is 1. The fraction of sp³-hybridized carbons (Fsp3) is 0.576. The predicted molar refractivity (Wildman–Crippen MR) is 180 cm³/mol. The van der Waals surface area contributed by atoms with Crippen molar-refractivity contribution in [2.75, 3.05) is 31.7 Å². The van der Waals surface area contributed by atoms with E-state index in [2.05, 4.69) is 61.9 Å².